The molecule has 1 atom stereocenters. The van der Waals surface area contributed by atoms with Gasteiger partial charge in [-0.25, -0.2) is 8.42 Å². The average molecular weight is 495 g/mol. The number of nitrogens with zero attached hydrogens (tertiary/aromatic N) is 3. The summed E-state index contributed by atoms with van der Waals surface area (Å²) in [5.41, 5.74) is -0.543. The Morgan fingerprint density at radius 2 is 1.94 bits per heavy atom. The van der Waals surface area contributed by atoms with Gasteiger partial charge in [0.2, 0.25) is 10.0 Å². The number of benzene rings is 1. The third-order valence-corrected chi connectivity index (χ3v) is 9.18. The number of amides is 1. The standard InChI is InChI=1S/C24H35ClN4O3S/c1-23(2,3)9-13-28-12-5-6-18(17-28)21-26-22(30)24(27-21)10-14-29(15-11-24)33(31,32)20-8-4-7-19(25)16-20/h4,7-8,16,18H,5-6,9-15,17H2,1-3H3,(H,26,27,30). The summed E-state index contributed by atoms with van der Waals surface area (Å²) in [5, 5.41) is 3.46. The van der Waals surface area contributed by atoms with Crippen molar-refractivity contribution in [2.45, 2.75) is 63.3 Å². The van der Waals surface area contributed by atoms with Crippen LogP contribution >= 0.6 is 11.6 Å². The van der Waals surface area contributed by atoms with Crippen LogP contribution < -0.4 is 5.32 Å². The van der Waals surface area contributed by atoms with Gasteiger partial charge in [-0.05, 0) is 68.8 Å². The number of likely N-dealkylation sites (tertiary alicyclic amines) is 1. The zero-order chi connectivity index (χ0) is 23.9. The molecule has 1 unspecified atom stereocenters. The summed E-state index contributed by atoms with van der Waals surface area (Å²) in [6.45, 7) is 10.4. The molecule has 33 heavy (non-hydrogen) atoms. The monoisotopic (exact) mass is 494 g/mol. The summed E-state index contributed by atoms with van der Waals surface area (Å²) in [7, 11) is -3.65. The molecular formula is C24H35ClN4O3S. The van der Waals surface area contributed by atoms with Crippen LogP contribution in [-0.2, 0) is 14.8 Å². The Morgan fingerprint density at radius 1 is 1.21 bits per heavy atom. The molecule has 2 fully saturated rings. The van der Waals surface area contributed by atoms with Crippen LogP contribution in [0.4, 0.5) is 0 Å². The Kier molecular flexibility index (Phi) is 6.93. The third-order valence-electron chi connectivity index (χ3n) is 7.05. The van der Waals surface area contributed by atoms with Crippen LogP contribution in [0.1, 0.15) is 52.9 Å². The fraction of sp³-hybridized carbons (Fsp3) is 0.667. The number of nitrogens with one attached hydrogen (secondary N) is 1. The lowest BCUT2D eigenvalue weighted by molar-refractivity contribution is -0.125. The Hall–Kier alpha value is -1.48. The van der Waals surface area contributed by atoms with Crippen molar-refractivity contribution in [2.75, 3.05) is 32.7 Å². The minimum atomic E-state index is -3.65. The lowest BCUT2D eigenvalue weighted by Crippen LogP contribution is -2.50. The molecule has 1 spiro atoms. The number of carbonyl (C=O) groups is 1. The molecule has 182 valence electrons. The smallest absolute Gasteiger partial charge is 0.253 e. The Labute approximate surface area is 202 Å². The predicted octanol–water partition coefficient (Wildman–Crippen LogP) is 3.54. The maximum absolute atomic E-state index is 13.0. The van der Waals surface area contributed by atoms with E-state index in [9.17, 15) is 13.2 Å². The number of rotatable bonds is 5. The molecule has 9 heteroatoms. The summed E-state index contributed by atoms with van der Waals surface area (Å²) < 4.78 is 27.5. The molecule has 3 aliphatic heterocycles. The zero-order valence-electron chi connectivity index (χ0n) is 19.8. The lowest BCUT2D eigenvalue weighted by atomic mass is 9.89. The van der Waals surface area contributed by atoms with Gasteiger partial charge in [-0.1, -0.05) is 38.4 Å². The summed E-state index contributed by atoms with van der Waals surface area (Å²) in [6.07, 6.45) is 4.05. The van der Waals surface area contributed by atoms with Gasteiger partial charge in [0, 0.05) is 30.6 Å². The van der Waals surface area contributed by atoms with E-state index < -0.39 is 15.6 Å². The molecule has 0 radical (unpaired) electrons. The van der Waals surface area contributed by atoms with Crippen LogP contribution in [-0.4, -0.2) is 67.6 Å². The molecule has 1 N–H and O–H groups in total. The van der Waals surface area contributed by atoms with E-state index in [-0.39, 0.29) is 29.8 Å². The minimum absolute atomic E-state index is 0.0795. The molecule has 3 heterocycles. The zero-order valence-corrected chi connectivity index (χ0v) is 21.4. The van der Waals surface area contributed by atoms with E-state index in [0.717, 1.165) is 44.7 Å². The summed E-state index contributed by atoms with van der Waals surface area (Å²) in [4.78, 5) is 20.6. The normalized spacial score (nSPS) is 24.7. The molecule has 1 aromatic rings. The highest BCUT2D eigenvalue weighted by atomic mass is 35.5. The van der Waals surface area contributed by atoms with Gasteiger partial charge in [0.1, 0.15) is 11.4 Å². The van der Waals surface area contributed by atoms with Gasteiger partial charge in [-0.15, -0.1) is 0 Å². The molecule has 2 saturated heterocycles. The topological polar surface area (TPSA) is 82.1 Å². The van der Waals surface area contributed by atoms with Crippen LogP contribution in [0, 0.1) is 11.3 Å². The van der Waals surface area contributed by atoms with Crippen molar-refractivity contribution in [2.24, 2.45) is 16.3 Å². The maximum atomic E-state index is 13.0. The van der Waals surface area contributed by atoms with Gasteiger partial charge >= 0.3 is 0 Å². The fourth-order valence-corrected chi connectivity index (χ4v) is 6.67. The summed E-state index contributed by atoms with van der Waals surface area (Å²) in [5.74, 6) is 0.950. The molecule has 7 nitrogen and oxygen atoms in total. The number of carbonyl (C=O) groups excluding carboxylic acids is 1. The number of amidine groups is 1. The third kappa shape index (κ3) is 5.45. The average Bonchev–Trinajstić information content (AvgIpc) is 3.08. The first-order chi connectivity index (χ1) is 15.5. The van der Waals surface area contributed by atoms with Gasteiger partial charge in [-0.2, -0.15) is 4.31 Å². The van der Waals surface area contributed by atoms with Crippen LogP contribution in [0.25, 0.3) is 0 Å². The van der Waals surface area contributed by atoms with Crippen LogP contribution in [0.5, 0.6) is 0 Å². The van der Waals surface area contributed by atoms with E-state index in [2.05, 4.69) is 31.0 Å². The largest absolute Gasteiger partial charge is 0.312 e. The molecule has 0 aromatic heterocycles. The summed E-state index contributed by atoms with van der Waals surface area (Å²) >= 11 is 5.99. The number of sulfonamides is 1. The number of hydrogen-bond acceptors (Lipinski definition) is 5. The second kappa shape index (κ2) is 9.29. The quantitative estimate of drug-likeness (QED) is 0.678. The van der Waals surface area contributed by atoms with Gasteiger partial charge in [0.25, 0.3) is 5.91 Å². The number of hydrogen-bond donors (Lipinski definition) is 1. The minimum Gasteiger partial charge on any atom is -0.312 e. The maximum Gasteiger partial charge on any atom is 0.253 e. The Bertz CT molecular complexity index is 1030. The molecule has 1 amide bonds. The molecule has 0 saturated carbocycles. The van der Waals surface area contributed by atoms with Crippen LogP contribution in [0.15, 0.2) is 34.2 Å². The Balaban J connectivity index is 1.42. The van der Waals surface area contributed by atoms with Crippen molar-refractivity contribution in [3.05, 3.63) is 29.3 Å². The van der Waals surface area contributed by atoms with E-state index in [0.29, 0.717) is 23.3 Å². The fourth-order valence-electron chi connectivity index (χ4n) is 4.92. The molecule has 0 aliphatic carbocycles. The summed E-state index contributed by atoms with van der Waals surface area (Å²) in [6, 6.07) is 6.31. The van der Waals surface area contributed by atoms with E-state index in [1.54, 1.807) is 18.2 Å². The van der Waals surface area contributed by atoms with Gasteiger partial charge in [-0.3, -0.25) is 9.79 Å². The highest BCUT2D eigenvalue weighted by molar-refractivity contribution is 7.89. The molecule has 0 bridgehead atoms. The first-order valence-electron chi connectivity index (χ1n) is 11.9. The van der Waals surface area contributed by atoms with Crippen molar-refractivity contribution >= 4 is 33.4 Å². The van der Waals surface area contributed by atoms with Crippen LogP contribution in [0.3, 0.4) is 0 Å². The van der Waals surface area contributed by atoms with Gasteiger partial charge < -0.3 is 10.2 Å². The van der Waals surface area contributed by atoms with Crippen molar-refractivity contribution in [1.29, 1.82) is 0 Å². The lowest BCUT2D eigenvalue weighted by Gasteiger charge is -2.35. The number of piperidine rings is 2. The first kappa shape index (κ1) is 24.6. The predicted molar refractivity (Wildman–Crippen MR) is 131 cm³/mol. The molecule has 3 aliphatic rings. The SMILES string of the molecule is CC(C)(C)CCN1CCCC(C2=NC3(CCN(S(=O)(=O)c4cccc(Cl)c4)CC3)C(=O)N2)C1. The second-order valence-electron chi connectivity index (χ2n) is 10.8. The van der Waals surface area contributed by atoms with E-state index in [4.69, 9.17) is 16.6 Å². The van der Waals surface area contributed by atoms with Crippen LogP contribution in [0.2, 0.25) is 5.02 Å². The van der Waals surface area contributed by atoms with Crippen molar-refractivity contribution < 1.29 is 13.2 Å². The van der Waals surface area contributed by atoms with Crippen molar-refractivity contribution in [3.8, 4) is 0 Å². The molecule has 4 rings (SSSR count). The molecular weight excluding hydrogens is 460 g/mol. The van der Waals surface area contributed by atoms with Crippen molar-refractivity contribution in [1.82, 2.24) is 14.5 Å². The van der Waals surface area contributed by atoms with Gasteiger partial charge in [0.05, 0.1) is 4.90 Å². The van der Waals surface area contributed by atoms with Gasteiger partial charge in [0.15, 0.2) is 0 Å². The molecule has 1 aromatic carbocycles. The number of aliphatic imine (C=N–C) groups is 1. The highest BCUT2D eigenvalue weighted by Gasteiger charge is 2.48. The van der Waals surface area contributed by atoms with E-state index >= 15 is 0 Å². The van der Waals surface area contributed by atoms with E-state index in [1.807, 2.05) is 0 Å². The second-order valence-corrected chi connectivity index (χ2v) is 13.2. The Morgan fingerprint density at radius 3 is 2.61 bits per heavy atom. The van der Waals surface area contributed by atoms with E-state index in [1.165, 1.54) is 10.4 Å². The first-order valence-corrected chi connectivity index (χ1v) is 13.7. The van der Waals surface area contributed by atoms with Crippen molar-refractivity contribution in [3.63, 3.8) is 0 Å². The number of halogens is 1. The highest BCUT2D eigenvalue weighted by Crippen LogP contribution is 2.34.